The van der Waals surface area contributed by atoms with Crippen LogP contribution in [0.1, 0.15) is 38.2 Å². The van der Waals surface area contributed by atoms with Gasteiger partial charge in [-0.1, -0.05) is 19.9 Å². The molecule has 1 aromatic carbocycles. The summed E-state index contributed by atoms with van der Waals surface area (Å²) in [6, 6.07) is 6.01. The van der Waals surface area contributed by atoms with Gasteiger partial charge in [0, 0.05) is 0 Å². The van der Waals surface area contributed by atoms with Gasteiger partial charge in [0.05, 0.1) is 13.7 Å². The maximum Gasteiger partial charge on any atom is 0.161 e. The molecule has 0 spiro atoms. The third kappa shape index (κ3) is 2.95. The molecule has 1 aromatic rings. The number of ether oxygens (including phenoxy) is 2. The molecule has 0 amide bonds. The molecule has 2 rings (SSSR count). The lowest BCUT2D eigenvalue weighted by atomic mass is 9.84. The van der Waals surface area contributed by atoms with Gasteiger partial charge >= 0.3 is 0 Å². The van der Waals surface area contributed by atoms with Crippen LogP contribution in [-0.4, -0.2) is 19.9 Å². The quantitative estimate of drug-likeness (QED) is 0.790. The lowest BCUT2D eigenvalue weighted by molar-refractivity contribution is 0.0849. The second-order valence-electron chi connectivity index (χ2n) is 5.31. The first-order chi connectivity index (χ1) is 8.60. The number of alkyl halides is 1. The molecule has 0 atom stereocenters. The Bertz CT molecular complexity index is 397. The van der Waals surface area contributed by atoms with Gasteiger partial charge in [-0.05, 0) is 42.4 Å². The van der Waals surface area contributed by atoms with E-state index in [2.05, 4.69) is 19.9 Å². The highest BCUT2D eigenvalue weighted by Crippen LogP contribution is 2.34. The van der Waals surface area contributed by atoms with Crippen LogP contribution < -0.4 is 9.47 Å². The average Bonchev–Trinajstić information content (AvgIpc) is 2.32. The van der Waals surface area contributed by atoms with Gasteiger partial charge in [0.15, 0.2) is 11.5 Å². The number of hydrogen-bond donors (Lipinski definition) is 0. The normalized spacial score (nSPS) is 22.7. The third-order valence-corrected chi connectivity index (χ3v) is 3.51. The van der Waals surface area contributed by atoms with Crippen molar-refractivity contribution in [2.45, 2.75) is 38.8 Å². The highest BCUT2D eigenvalue weighted by Gasteiger charge is 2.29. The first-order valence-corrected chi connectivity index (χ1v) is 6.55. The Morgan fingerprint density at radius 2 is 2.00 bits per heavy atom. The SMILES string of the molecule is COc1cc(C(C)C)ccc1OCC1CC(F)C1. The molecule has 0 bridgehead atoms. The van der Waals surface area contributed by atoms with Crippen molar-refractivity contribution in [3.05, 3.63) is 23.8 Å². The summed E-state index contributed by atoms with van der Waals surface area (Å²) in [5.41, 5.74) is 1.23. The van der Waals surface area contributed by atoms with Crippen molar-refractivity contribution in [3.63, 3.8) is 0 Å². The third-order valence-electron chi connectivity index (χ3n) is 3.51. The Morgan fingerprint density at radius 3 is 2.56 bits per heavy atom. The molecule has 3 heteroatoms. The molecule has 100 valence electrons. The molecule has 0 saturated heterocycles. The van der Waals surface area contributed by atoms with Gasteiger partial charge in [0.2, 0.25) is 0 Å². The summed E-state index contributed by atoms with van der Waals surface area (Å²) >= 11 is 0. The largest absolute Gasteiger partial charge is 0.493 e. The van der Waals surface area contributed by atoms with Crippen LogP contribution >= 0.6 is 0 Å². The smallest absolute Gasteiger partial charge is 0.161 e. The van der Waals surface area contributed by atoms with Crippen molar-refractivity contribution < 1.29 is 13.9 Å². The van der Waals surface area contributed by atoms with Crippen molar-refractivity contribution in [2.75, 3.05) is 13.7 Å². The van der Waals surface area contributed by atoms with Crippen LogP contribution in [-0.2, 0) is 0 Å². The minimum absolute atomic E-state index is 0.356. The van der Waals surface area contributed by atoms with Crippen LogP contribution in [0.2, 0.25) is 0 Å². The number of methoxy groups -OCH3 is 1. The summed E-state index contributed by atoms with van der Waals surface area (Å²) in [5, 5.41) is 0. The predicted molar refractivity (Wildman–Crippen MR) is 70.2 cm³/mol. The van der Waals surface area contributed by atoms with Crippen LogP contribution in [0, 0.1) is 5.92 Å². The molecule has 0 heterocycles. The van der Waals surface area contributed by atoms with E-state index in [0.29, 0.717) is 31.3 Å². The standard InChI is InChI=1S/C15H21FO2/c1-10(2)12-4-5-14(15(8-12)17-3)18-9-11-6-13(16)7-11/h4-5,8,10-11,13H,6-7,9H2,1-3H3. The molecule has 0 aliphatic heterocycles. The maximum atomic E-state index is 12.7. The number of benzene rings is 1. The van der Waals surface area contributed by atoms with Gasteiger partial charge in [-0.2, -0.15) is 0 Å². The van der Waals surface area contributed by atoms with E-state index in [1.54, 1.807) is 7.11 Å². The molecule has 0 aromatic heterocycles. The minimum Gasteiger partial charge on any atom is -0.493 e. The molecule has 1 fully saturated rings. The zero-order valence-corrected chi connectivity index (χ0v) is 11.3. The Kier molecular flexibility index (Phi) is 4.10. The Labute approximate surface area is 108 Å². The minimum atomic E-state index is -0.621. The summed E-state index contributed by atoms with van der Waals surface area (Å²) in [6.45, 7) is 4.87. The van der Waals surface area contributed by atoms with E-state index in [4.69, 9.17) is 9.47 Å². The second kappa shape index (κ2) is 5.59. The molecule has 0 radical (unpaired) electrons. The van der Waals surface area contributed by atoms with E-state index in [1.807, 2.05) is 12.1 Å². The molecule has 1 saturated carbocycles. The van der Waals surface area contributed by atoms with Gasteiger partial charge in [0.1, 0.15) is 6.17 Å². The zero-order chi connectivity index (χ0) is 13.1. The van der Waals surface area contributed by atoms with Gasteiger partial charge in [0.25, 0.3) is 0 Å². The van der Waals surface area contributed by atoms with Gasteiger partial charge in [-0.15, -0.1) is 0 Å². The maximum absolute atomic E-state index is 12.7. The summed E-state index contributed by atoms with van der Waals surface area (Å²) in [5.74, 6) is 2.34. The number of hydrogen-bond acceptors (Lipinski definition) is 2. The van der Waals surface area contributed by atoms with Crippen molar-refractivity contribution in [2.24, 2.45) is 5.92 Å². The summed E-state index contributed by atoms with van der Waals surface area (Å²) in [7, 11) is 1.65. The average molecular weight is 252 g/mol. The number of halogens is 1. The molecule has 0 unspecified atom stereocenters. The van der Waals surface area contributed by atoms with E-state index >= 15 is 0 Å². The molecule has 2 nitrogen and oxygen atoms in total. The van der Waals surface area contributed by atoms with E-state index in [0.717, 1.165) is 11.5 Å². The van der Waals surface area contributed by atoms with E-state index in [1.165, 1.54) is 5.56 Å². The molecule has 18 heavy (non-hydrogen) atoms. The fourth-order valence-electron chi connectivity index (χ4n) is 2.16. The first kappa shape index (κ1) is 13.2. The molecular weight excluding hydrogens is 231 g/mol. The lowest BCUT2D eigenvalue weighted by Gasteiger charge is -2.29. The summed E-state index contributed by atoms with van der Waals surface area (Å²) in [6.07, 6.45) is 0.641. The van der Waals surface area contributed by atoms with Gasteiger partial charge in [-0.25, -0.2) is 4.39 Å². The predicted octanol–water partition coefficient (Wildman–Crippen LogP) is 3.95. The number of rotatable bonds is 5. The van der Waals surface area contributed by atoms with E-state index in [-0.39, 0.29) is 0 Å². The topological polar surface area (TPSA) is 18.5 Å². The van der Waals surface area contributed by atoms with Crippen LogP contribution in [0.25, 0.3) is 0 Å². The Morgan fingerprint density at radius 1 is 1.28 bits per heavy atom. The Hall–Kier alpha value is -1.25. The van der Waals surface area contributed by atoms with Crippen molar-refractivity contribution >= 4 is 0 Å². The lowest BCUT2D eigenvalue weighted by Crippen LogP contribution is -2.29. The second-order valence-corrected chi connectivity index (χ2v) is 5.31. The van der Waals surface area contributed by atoms with Crippen molar-refractivity contribution in [1.29, 1.82) is 0 Å². The molecule has 1 aliphatic carbocycles. The van der Waals surface area contributed by atoms with E-state index < -0.39 is 6.17 Å². The van der Waals surface area contributed by atoms with Crippen LogP contribution in [0.4, 0.5) is 4.39 Å². The highest BCUT2D eigenvalue weighted by molar-refractivity contribution is 5.43. The first-order valence-electron chi connectivity index (χ1n) is 6.55. The summed E-state index contributed by atoms with van der Waals surface area (Å²) in [4.78, 5) is 0. The molecule has 1 aliphatic rings. The van der Waals surface area contributed by atoms with Gasteiger partial charge in [-0.3, -0.25) is 0 Å². The monoisotopic (exact) mass is 252 g/mol. The molecular formula is C15H21FO2. The van der Waals surface area contributed by atoms with Crippen LogP contribution in [0.3, 0.4) is 0 Å². The summed E-state index contributed by atoms with van der Waals surface area (Å²) < 4.78 is 23.8. The fraction of sp³-hybridized carbons (Fsp3) is 0.600. The van der Waals surface area contributed by atoms with Crippen molar-refractivity contribution in [3.8, 4) is 11.5 Å². The fourth-order valence-corrected chi connectivity index (χ4v) is 2.16. The van der Waals surface area contributed by atoms with Crippen LogP contribution in [0.5, 0.6) is 11.5 Å². The zero-order valence-electron chi connectivity index (χ0n) is 11.3. The van der Waals surface area contributed by atoms with Crippen LogP contribution in [0.15, 0.2) is 18.2 Å². The molecule has 0 N–H and O–H groups in total. The van der Waals surface area contributed by atoms with E-state index in [9.17, 15) is 4.39 Å². The van der Waals surface area contributed by atoms with Gasteiger partial charge < -0.3 is 9.47 Å². The Balaban J connectivity index is 1.98. The van der Waals surface area contributed by atoms with Crippen molar-refractivity contribution in [1.82, 2.24) is 0 Å². The highest BCUT2D eigenvalue weighted by atomic mass is 19.1.